The minimum atomic E-state index is -0.254. The van der Waals surface area contributed by atoms with Crippen molar-refractivity contribution in [3.63, 3.8) is 0 Å². The molecule has 1 aromatic rings. The van der Waals surface area contributed by atoms with Gasteiger partial charge in [0.1, 0.15) is 5.82 Å². The highest BCUT2D eigenvalue weighted by atomic mass is 127. The number of rotatable bonds is 5. The largest absolute Gasteiger partial charge is 0.393 e. The van der Waals surface area contributed by atoms with Gasteiger partial charge in [0.15, 0.2) is 5.96 Å². The summed E-state index contributed by atoms with van der Waals surface area (Å²) in [6.07, 6.45) is 1.13. The summed E-state index contributed by atoms with van der Waals surface area (Å²) in [5, 5.41) is 16.0. The second-order valence-electron chi connectivity index (χ2n) is 6.50. The predicted molar refractivity (Wildman–Crippen MR) is 112 cm³/mol. The Bertz CT molecular complexity index is 560. The second kappa shape index (κ2) is 10.8. The predicted octanol–water partition coefficient (Wildman–Crippen LogP) is 2.87. The fourth-order valence-corrected chi connectivity index (χ4v) is 2.78. The normalized spacial score (nSPS) is 15.9. The van der Waals surface area contributed by atoms with Gasteiger partial charge in [-0.15, -0.1) is 24.0 Å². The van der Waals surface area contributed by atoms with Gasteiger partial charge in [0.2, 0.25) is 0 Å². The van der Waals surface area contributed by atoms with Crippen molar-refractivity contribution in [2.45, 2.75) is 52.3 Å². The van der Waals surface area contributed by atoms with E-state index in [2.05, 4.69) is 29.5 Å². The maximum absolute atomic E-state index is 14.4. The van der Waals surface area contributed by atoms with Gasteiger partial charge >= 0.3 is 0 Å². The van der Waals surface area contributed by atoms with Crippen LogP contribution in [0.15, 0.2) is 23.2 Å². The van der Waals surface area contributed by atoms with E-state index in [1.54, 1.807) is 6.07 Å². The molecule has 5 nitrogen and oxygen atoms in total. The van der Waals surface area contributed by atoms with Crippen molar-refractivity contribution < 1.29 is 9.50 Å². The number of halogens is 2. The average Bonchev–Trinajstić information content (AvgIpc) is 2.53. The lowest BCUT2D eigenvalue weighted by atomic mass is 10.1. The molecule has 142 valence electrons. The van der Waals surface area contributed by atoms with E-state index in [0.29, 0.717) is 38.2 Å². The van der Waals surface area contributed by atoms with Crippen LogP contribution in [-0.2, 0) is 6.54 Å². The van der Waals surface area contributed by atoms with Crippen LogP contribution in [0.2, 0.25) is 0 Å². The second-order valence-corrected chi connectivity index (χ2v) is 6.50. The summed E-state index contributed by atoms with van der Waals surface area (Å²) in [4.78, 5) is 6.50. The van der Waals surface area contributed by atoms with Gasteiger partial charge in [0, 0.05) is 25.7 Å². The number of guanidine groups is 1. The minimum absolute atomic E-state index is 0. The molecule has 25 heavy (non-hydrogen) atoms. The molecule has 1 heterocycles. The number of aliphatic hydroxyl groups excluding tert-OH is 1. The van der Waals surface area contributed by atoms with Gasteiger partial charge in [0.05, 0.1) is 18.3 Å². The third-order valence-electron chi connectivity index (χ3n) is 4.01. The molecular formula is C18H30FIN4O. The maximum Gasteiger partial charge on any atom is 0.191 e. The summed E-state index contributed by atoms with van der Waals surface area (Å²) < 4.78 is 14.4. The van der Waals surface area contributed by atoms with Crippen molar-refractivity contribution in [2.24, 2.45) is 4.99 Å². The smallest absolute Gasteiger partial charge is 0.191 e. The van der Waals surface area contributed by atoms with Gasteiger partial charge in [-0.1, -0.05) is 6.07 Å². The number of nitrogens with zero attached hydrogens (tertiary/aromatic N) is 2. The highest BCUT2D eigenvalue weighted by Gasteiger charge is 2.19. The summed E-state index contributed by atoms with van der Waals surface area (Å²) in [6.45, 7) is 8.72. The van der Waals surface area contributed by atoms with Crippen LogP contribution in [-0.4, -0.2) is 42.8 Å². The van der Waals surface area contributed by atoms with Crippen LogP contribution in [0.25, 0.3) is 0 Å². The van der Waals surface area contributed by atoms with Crippen LogP contribution in [0, 0.1) is 5.82 Å². The molecule has 2 rings (SSSR count). The van der Waals surface area contributed by atoms with Gasteiger partial charge < -0.3 is 20.6 Å². The molecule has 0 unspecified atom stereocenters. The van der Waals surface area contributed by atoms with Crippen molar-refractivity contribution in [1.82, 2.24) is 10.6 Å². The zero-order valence-electron chi connectivity index (χ0n) is 15.3. The molecule has 0 amide bonds. The molecule has 0 aliphatic carbocycles. The van der Waals surface area contributed by atoms with Crippen LogP contribution in [0.4, 0.5) is 10.1 Å². The molecule has 3 N–H and O–H groups in total. The first-order chi connectivity index (χ1) is 11.5. The molecule has 1 fully saturated rings. The number of hydrogen-bond donors (Lipinski definition) is 3. The summed E-state index contributed by atoms with van der Waals surface area (Å²) in [6, 6.07) is 5.59. The summed E-state index contributed by atoms with van der Waals surface area (Å²) >= 11 is 0. The van der Waals surface area contributed by atoms with Gasteiger partial charge in [-0.2, -0.15) is 0 Å². The lowest BCUT2D eigenvalue weighted by Crippen LogP contribution is -2.41. The number of aliphatic hydroxyl groups is 1. The zero-order chi connectivity index (χ0) is 17.5. The standard InChI is InChI=1S/C18H29FN4O.HI/c1-4-20-18(22-13(2)3)21-12-14-5-6-17(16(19)11-14)23-9-7-15(24)8-10-23;/h5-6,11,13,15,24H,4,7-10,12H2,1-3H3,(H2,20,21,22);1H. The molecule has 1 saturated heterocycles. The van der Waals surface area contributed by atoms with Crippen LogP contribution < -0.4 is 15.5 Å². The third-order valence-corrected chi connectivity index (χ3v) is 4.01. The zero-order valence-corrected chi connectivity index (χ0v) is 17.6. The Hall–Kier alpha value is -1.09. The maximum atomic E-state index is 14.4. The molecule has 0 aromatic heterocycles. The lowest BCUT2D eigenvalue weighted by molar-refractivity contribution is 0.145. The Balaban J connectivity index is 0.00000312. The lowest BCUT2D eigenvalue weighted by Gasteiger charge is -2.31. The first-order valence-electron chi connectivity index (χ1n) is 8.76. The number of benzene rings is 1. The molecule has 0 radical (unpaired) electrons. The molecule has 0 saturated carbocycles. The number of anilines is 1. The van der Waals surface area contributed by atoms with Crippen molar-refractivity contribution in [2.75, 3.05) is 24.5 Å². The summed E-state index contributed by atoms with van der Waals surface area (Å²) in [5.74, 6) is 0.517. The average molecular weight is 464 g/mol. The van der Waals surface area contributed by atoms with E-state index < -0.39 is 0 Å². The molecule has 0 bridgehead atoms. The molecule has 0 atom stereocenters. The monoisotopic (exact) mass is 464 g/mol. The Kier molecular flexibility index (Phi) is 9.48. The quantitative estimate of drug-likeness (QED) is 0.357. The fraction of sp³-hybridized carbons (Fsp3) is 0.611. The summed E-state index contributed by atoms with van der Waals surface area (Å²) in [5.41, 5.74) is 1.45. The Morgan fingerprint density at radius 2 is 2.04 bits per heavy atom. The molecule has 1 aliphatic rings. The van der Waals surface area contributed by atoms with Gasteiger partial charge in [-0.05, 0) is 51.3 Å². The summed E-state index contributed by atoms with van der Waals surface area (Å²) in [7, 11) is 0. The molecule has 1 aliphatic heterocycles. The molecule has 1 aromatic carbocycles. The van der Waals surface area contributed by atoms with Gasteiger partial charge in [-0.3, -0.25) is 0 Å². The van der Waals surface area contributed by atoms with E-state index in [1.807, 2.05) is 24.0 Å². The first-order valence-corrected chi connectivity index (χ1v) is 8.76. The Labute approximate surface area is 167 Å². The number of aliphatic imine (C=N–C) groups is 1. The first kappa shape index (κ1) is 22.0. The Morgan fingerprint density at radius 3 is 2.60 bits per heavy atom. The van der Waals surface area contributed by atoms with Crippen molar-refractivity contribution in [1.29, 1.82) is 0 Å². The van der Waals surface area contributed by atoms with E-state index in [0.717, 1.165) is 18.1 Å². The van der Waals surface area contributed by atoms with E-state index >= 15 is 0 Å². The van der Waals surface area contributed by atoms with Crippen molar-refractivity contribution >= 4 is 35.6 Å². The van der Waals surface area contributed by atoms with Crippen LogP contribution in [0.3, 0.4) is 0 Å². The van der Waals surface area contributed by atoms with Crippen molar-refractivity contribution in [3.8, 4) is 0 Å². The molecule has 0 spiro atoms. The minimum Gasteiger partial charge on any atom is -0.393 e. The number of nitrogens with one attached hydrogen (secondary N) is 2. The number of piperidine rings is 1. The van der Waals surface area contributed by atoms with Crippen LogP contribution >= 0.6 is 24.0 Å². The fourth-order valence-electron chi connectivity index (χ4n) is 2.78. The molecular weight excluding hydrogens is 434 g/mol. The van der Waals surface area contributed by atoms with Gasteiger partial charge in [-0.25, -0.2) is 9.38 Å². The molecule has 7 heteroatoms. The van der Waals surface area contributed by atoms with Crippen LogP contribution in [0.1, 0.15) is 39.2 Å². The Morgan fingerprint density at radius 1 is 1.36 bits per heavy atom. The third kappa shape index (κ3) is 6.97. The van der Waals surface area contributed by atoms with E-state index in [-0.39, 0.29) is 41.9 Å². The highest BCUT2D eigenvalue weighted by Crippen LogP contribution is 2.24. The van der Waals surface area contributed by atoms with Crippen LogP contribution in [0.5, 0.6) is 0 Å². The van der Waals surface area contributed by atoms with E-state index in [9.17, 15) is 9.50 Å². The van der Waals surface area contributed by atoms with Gasteiger partial charge in [0.25, 0.3) is 0 Å². The topological polar surface area (TPSA) is 59.9 Å². The SMILES string of the molecule is CCNC(=NCc1ccc(N2CCC(O)CC2)c(F)c1)NC(C)C.I. The van der Waals surface area contributed by atoms with E-state index in [4.69, 9.17) is 0 Å². The highest BCUT2D eigenvalue weighted by molar-refractivity contribution is 14.0. The number of hydrogen-bond acceptors (Lipinski definition) is 3. The van der Waals surface area contributed by atoms with Crippen molar-refractivity contribution in [3.05, 3.63) is 29.6 Å². The van der Waals surface area contributed by atoms with E-state index in [1.165, 1.54) is 0 Å².